The van der Waals surface area contributed by atoms with Crippen molar-refractivity contribution in [2.24, 2.45) is 34.8 Å². The number of carbonyl (C=O) groups excluding carboxylic acids is 3. The molecule has 5 atom stereocenters. The second-order valence-electron chi connectivity index (χ2n) is 11.8. The number of rotatable bonds is 14. The van der Waals surface area contributed by atoms with Crippen molar-refractivity contribution in [3.8, 4) is 11.5 Å². The summed E-state index contributed by atoms with van der Waals surface area (Å²) in [6.07, 6.45) is 0.0451. The molecule has 0 amide bonds. The molecule has 1 aromatic rings. The molecule has 0 aliphatic carbocycles. The normalized spacial score (nSPS) is 15.7. The molecule has 0 aromatic heterocycles. The van der Waals surface area contributed by atoms with Crippen LogP contribution in [0.1, 0.15) is 93.6 Å². The number of carbonyl (C=O) groups is 4. The second-order valence-corrected chi connectivity index (χ2v) is 11.8. The van der Waals surface area contributed by atoms with E-state index in [1.807, 2.05) is 34.6 Å². The van der Waals surface area contributed by atoms with Gasteiger partial charge in [0.25, 0.3) is 0 Å². The third kappa shape index (κ3) is 9.64. The van der Waals surface area contributed by atoms with E-state index in [1.165, 1.54) is 12.1 Å². The molecular weight excluding hydrogens is 502 g/mol. The third-order valence-electron chi connectivity index (χ3n) is 7.61. The summed E-state index contributed by atoms with van der Waals surface area (Å²) in [6, 6.07) is 3.20. The molecule has 0 saturated carbocycles. The minimum absolute atomic E-state index is 0.00346. The lowest BCUT2D eigenvalue weighted by molar-refractivity contribution is -0.159. The zero-order chi connectivity index (χ0) is 30.2. The minimum Gasteiger partial charge on any atom is -0.480 e. The average molecular weight is 550 g/mol. The maximum absolute atomic E-state index is 12.8. The van der Waals surface area contributed by atoms with Gasteiger partial charge in [-0.25, -0.2) is 0 Å². The van der Waals surface area contributed by atoms with E-state index in [2.05, 4.69) is 0 Å². The molecule has 1 aromatic carbocycles. The van der Waals surface area contributed by atoms with Crippen molar-refractivity contribution < 1.29 is 38.5 Å². The van der Waals surface area contributed by atoms with Gasteiger partial charge in [0.1, 0.15) is 6.04 Å². The Labute approximate surface area is 232 Å². The maximum Gasteiger partial charge on any atom is 0.321 e. The zero-order valence-electron chi connectivity index (χ0n) is 25.1. The monoisotopic (exact) mass is 549 g/mol. The van der Waals surface area contributed by atoms with E-state index in [1.54, 1.807) is 40.7 Å². The van der Waals surface area contributed by atoms with Crippen molar-refractivity contribution in [1.82, 2.24) is 0 Å². The highest BCUT2D eigenvalue weighted by Crippen LogP contribution is 2.36. The van der Waals surface area contributed by atoms with Crippen LogP contribution in [0.15, 0.2) is 18.2 Å². The number of esters is 3. The molecule has 39 heavy (non-hydrogen) atoms. The van der Waals surface area contributed by atoms with Crippen LogP contribution in [0.2, 0.25) is 0 Å². The molecular formula is C30H47NO8. The van der Waals surface area contributed by atoms with E-state index < -0.39 is 53.2 Å². The molecule has 4 unspecified atom stereocenters. The van der Waals surface area contributed by atoms with Crippen LogP contribution in [0.5, 0.6) is 11.5 Å². The van der Waals surface area contributed by atoms with Crippen molar-refractivity contribution in [1.29, 1.82) is 0 Å². The van der Waals surface area contributed by atoms with Gasteiger partial charge in [0.05, 0.1) is 23.4 Å². The first kappa shape index (κ1) is 34.1. The fraction of sp³-hybridized carbons (Fsp3) is 0.667. The van der Waals surface area contributed by atoms with E-state index in [-0.39, 0.29) is 35.7 Å². The maximum atomic E-state index is 12.8. The number of carboxylic acid groups (broad SMARTS) is 1. The standard InChI is InChI=1S/C30H47NO8/c1-11-30(9,10)29(36)37-18(6)14-22(25(31)26(32)33)21-12-13-23(38-27(34)19(7)16(2)3)24(15-21)39-28(35)20(8)17(4)5/h12-13,15-20,22,25H,11,14,31H2,1-10H3,(H,32,33)/t18?,19?,20?,22?,25-/m0/s1. The predicted molar refractivity (Wildman–Crippen MR) is 148 cm³/mol. The van der Waals surface area contributed by atoms with E-state index in [4.69, 9.17) is 19.9 Å². The Morgan fingerprint density at radius 2 is 1.36 bits per heavy atom. The lowest BCUT2D eigenvalue weighted by Gasteiger charge is -2.28. The summed E-state index contributed by atoms with van der Waals surface area (Å²) >= 11 is 0. The summed E-state index contributed by atoms with van der Waals surface area (Å²) in [4.78, 5) is 50.0. The summed E-state index contributed by atoms with van der Waals surface area (Å²) in [5, 5.41) is 9.72. The van der Waals surface area contributed by atoms with E-state index in [9.17, 15) is 24.3 Å². The van der Waals surface area contributed by atoms with Crippen LogP contribution in [0.25, 0.3) is 0 Å². The highest BCUT2D eigenvalue weighted by atomic mass is 16.6. The largest absolute Gasteiger partial charge is 0.480 e. The molecule has 0 radical (unpaired) electrons. The Balaban J connectivity index is 3.47. The highest BCUT2D eigenvalue weighted by molar-refractivity contribution is 5.79. The van der Waals surface area contributed by atoms with Gasteiger partial charge in [-0.3, -0.25) is 19.2 Å². The SMILES string of the molecule is CCC(C)(C)C(=O)OC(C)CC(c1ccc(OC(=O)C(C)C(C)C)c(OC(=O)C(C)C(C)C)c1)[C@H](N)C(=O)O. The van der Waals surface area contributed by atoms with Crippen LogP contribution in [0.4, 0.5) is 0 Å². The van der Waals surface area contributed by atoms with Gasteiger partial charge in [-0.2, -0.15) is 0 Å². The summed E-state index contributed by atoms with van der Waals surface area (Å²) in [6.45, 7) is 18.2. The van der Waals surface area contributed by atoms with E-state index in [0.717, 1.165) is 0 Å². The number of aliphatic carboxylic acids is 1. The molecule has 3 N–H and O–H groups in total. The van der Waals surface area contributed by atoms with Gasteiger partial charge < -0.3 is 25.1 Å². The Kier molecular flexibility index (Phi) is 12.6. The van der Waals surface area contributed by atoms with Gasteiger partial charge in [-0.1, -0.05) is 54.5 Å². The van der Waals surface area contributed by atoms with Crippen molar-refractivity contribution in [2.75, 3.05) is 0 Å². The highest BCUT2D eigenvalue weighted by Gasteiger charge is 2.33. The molecule has 1 rings (SSSR count). The Bertz CT molecular complexity index is 1020. The van der Waals surface area contributed by atoms with Crippen LogP contribution < -0.4 is 15.2 Å². The number of nitrogens with two attached hydrogens (primary N) is 1. The minimum atomic E-state index is -1.34. The first-order chi connectivity index (χ1) is 17.9. The quantitative estimate of drug-likeness (QED) is 0.232. The number of carboxylic acids is 1. The predicted octanol–water partition coefficient (Wildman–Crippen LogP) is 5.34. The lowest BCUT2D eigenvalue weighted by atomic mass is 9.86. The number of hydrogen-bond acceptors (Lipinski definition) is 8. The molecule has 0 spiro atoms. The van der Waals surface area contributed by atoms with Crippen molar-refractivity contribution in [3.05, 3.63) is 23.8 Å². The second kappa shape index (κ2) is 14.4. The van der Waals surface area contributed by atoms with Crippen molar-refractivity contribution in [2.45, 2.75) is 100 Å². The first-order valence-corrected chi connectivity index (χ1v) is 13.7. The molecule has 220 valence electrons. The van der Waals surface area contributed by atoms with Crippen LogP contribution >= 0.6 is 0 Å². The molecule has 9 heteroatoms. The number of benzene rings is 1. The fourth-order valence-corrected chi connectivity index (χ4v) is 3.42. The Morgan fingerprint density at radius 3 is 1.79 bits per heavy atom. The zero-order valence-corrected chi connectivity index (χ0v) is 25.1. The molecule has 0 aliphatic rings. The fourth-order valence-electron chi connectivity index (χ4n) is 3.42. The van der Waals surface area contributed by atoms with Crippen LogP contribution in [-0.2, 0) is 23.9 Å². The van der Waals surface area contributed by atoms with Gasteiger partial charge in [-0.05, 0) is 63.1 Å². The first-order valence-electron chi connectivity index (χ1n) is 13.7. The summed E-state index contributed by atoms with van der Waals surface area (Å²) in [5.74, 6) is -4.18. The van der Waals surface area contributed by atoms with Gasteiger partial charge in [0.15, 0.2) is 11.5 Å². The van der Waals surface area contributed by atoms with Crippen LogP contribution in [0.3, 0.4) is 0 Å². The Hall–Kier alpha value is -2.94. The van der Waals surface area contributed by atoms with Crippen LogP contribution in [0, 0.1) is 29.1 Å². The summed E-state index contributed by atoms with van der Waals surface area (Å²) in [5.41, 5.74) is 5.84. The number of hydrogen-bond donors (Lipinski definition) is 2. The summed E-state index contributed by atoms with van der Waals surface area (Å²) < 4.78 is 16.9. The molecule has 9 nitrogen and oxygen atoms in total. The van der Waals surface area contributed by atoms with Gasteiger partial charge >= 0.3 is 23.9 Å². The van der Waals surface area contributed by atoms with Gasteiger partial charge in [0.2, 0.25) is 0 Å². The van der Waals surface area contributed by atoms with Gasteiger partial charge in [0, 0.05) is 5.92 Å². The number of ether oxygens (including phenoxy) is 3. The van der Waals surface area contributed by atoms with Gasteiger partial charge in [-0.15, -0.1) is 0 Å². The van der Waals surface area contributed by atoms with E-state index >= 15 is 0 Å². The van der Waals surface area contributed by atoms with Crippen LogP contribution in [-0.4, -0.2) is 41.1 Å². The molecule has 0 bridgehead atoms. The Morgan fingerprint density at radius 1 is 0.872 bits per heavy atom. The molecule has 0 aliphatic heterocycles. The smallest absolute Gasteiger partial charge is 0.321 e. The molecule has 0 heterocycles. The average Bonchev–Trinajstić information content (AvgIpc) is 2.86. The molecule has 0 fully saturated rings. The summed E-state index contributed by atoms with van der Waals surface area (Å²) in [7, 11) is 0. The van der Waals surface area contributed by atoms with Crippen molar-refractivity contribution in [3.63, 3.8) is 0 Å². The molecule has 0 saturated heterocycles. The lowest BCUT2D eigenvalue weighted by Crippen LogP contribution is -2.39. The van der Waals surface area contributed by atoms with Crippen molar-refractivity contribution >= 4 is 23.9 Å². The third-order valence-corrected chi connectivity index (χ3v) is 7.61. The van der Waals surface area contributed by atoms with E-state index in [0.29, 0.717) is 12.0 Å². The topological polar surface area (TPSA) is 142 Å².